The van der Waals surface area contributed by atoms with Gasteiger partial charge in [0.2, 0.25) is 5.91 Å². The number of anilines is 2. The number of methoxy groups -OCH3 is 2. The molecule has 0 aliphatic heterocycles. The van der Waals surface area contributed by atoms with Crippen molar-refractivity contribution in [2.45, 2.75) is 6.04 Å². The van der Waals surface area contributed by atoms with Gasteiger partial charge in [0, 0.05) is 48.1 Å². The molecule has 4 aromatic rings. The van der Waals surface area contributed by atoms with Crippen molar-refractivity contribution in [1.82, 2.24) is 14.7 Å². The minimum Gasteiger partial charge on any atom is -0.497 e. The zero-order chi connectivity index (χ0) is 26.5. The molecule has 11 nitrogen and oxygen atoms in total. The number of amides is 3. The lowest BCUT2D eigenvalue weighted by molar-refractivity contribution is -0.122. The predicted molar refractivity (Wildman–Crippen MR) is 141 cm³/mol. The minimum atomic E-state index is -1.13. The van der Waals surface area contributed by atoms with Crippen molar-refractivity contribution >= 4 is 51.5 Å². The maximum atomic E-state index is 14.1. The number of carbonyl (C=O) groups excluding carboxylic acids is 3. The highest BCUT2D eigenvalue weighted by Crippen LogP contribution is 2.36. The lowest BCUT2D eigenvalue weighted by Gasteiger charge is -2.31. The van der Waals surface area contributed by atoms with Crippen molar-refractivity contribution in [1.29, 1.82) is 0 Å². The normalized spacial score (nSPS) is 11.7. The van der Waals surface area contributed by atoms with Gasteiger partial charge < -0.3 is 31.2 Å². The lowest BCUT2D eigenvalue weighted by Crippen LogP contribution is -2.44. The van der Waals surface area contributed by atoms with Crippen molar-refractivity contribution in [2.75, 3.05) is 38.0 Å². The number of carbonyl (C=O) groups is 3. The van der Waals surface area contributed by atoms with Gasteiger partial charge >= 0.3 is 0 Å². The van der Waals surface area contributed by atoms with Crippen LogP contribution in [-0.2, 0) is 9.53 Å². The number of nitrogens with one attached hydrogen (secondary N) is 2. The maximum absolute atomic E-state index is 14.1. The molecule has 1 atom stereocenters. The molecule has 0 aliphatic carbocycles. The Morgan fingerprint density at radius 3 is 2.65 bits per heavy atom. The lowest BCUT2D eigenvalue weighted by atomic mass is 10.0. The second kappa shape index (κ2) is 11.1. The Morgan fingerprint density at radius 1 is 1.16 bits per heavy atom. The predicted octanol–water partition coefficient (Wildman–Crippen LogP) is 2.46. The highest BCUT2D eigenvalue weighted by molar-refractivity contribution is 7.09. The third kappa shape index (κ3) is 5.10. The average Bonchev–Trinajstić information content (AvgIpc) is 3.50. The van der Waals surface area contributed by atoms with Crippen LogP contribution in [0.5, 0.6) is 5.75 Å². The molecule has 0 fully saturated rings. The van der Waals surface area contributed by atoms with Gasteiger partial charge in [0.15, 0.2) is 5.69 Å². The standard InChI is InChI=1S/C25H26N6O5S/c1-35-11-10-28-24(33)21(17-13-29-18-9-4-3-8-16(17)18)31(14-6-5-7-15(12-14)36-2)25(34)22-19(26)20(23(27)32)30-37-22/h3-9,12-13,21,29H,10-11,26H2,1-2H3,(H2,27,32)(H,28,33). The number of nitrogens with zero attached hydrogens (tertiary/aromatic N) is 2. The Balaban J connectivity index is 1.92. The van der Waals surface area contributed by atoms with E-state index in [9.17, 15) is 14.4 Å². The van der Waals surface area contributed by atoms with Gasteiger partial charge in [-0.25, -0.2) is 0 Å². The molecule has 6 N–H and O–H groups in total. The first-order valence-electron chi connectivity index (χ1n) is 11.2. The summed E-state index contributed by atoms with van der Waals surface area (Å²) in [7, 11) is 3.03. The molecule has 192 valence electrons. The monoisotopic (exact) mass is 522 g/mol. The molecule has 0 bridgehead atoms. The summed E-state index contributed by atoms with van der Waals surface area (Å²) in [5.41, 5.74) is 12.9. The Labute approximate surface area is 216 Å². The number of hydrogen-bond acceptors (Lipinski definition) is 8. The fraction of sp³-hybridized carbons (Fsp3) is 0.200. The fourth-order valence-electron chi connectivity index (χ4n) is 3.97. The largest absolute Gasteiger partial charge is 0.497 e. The summed E-state index contributed by atoms with van der Waals surface area (Å²) in [5.74, 6) is -1.46. The van der Waals surface area contributed by atoms with Crippen molar-refractivity contribution < 1.29 is 23.9 Å². The van der Waals surface area contributed by atoms with Gasteiger partial charge in [-0.3, -0.25) is 19.3 Å². The number of aromatic amines is 1. The zero-order valence-electron chi connectivity index (χ0n) is 20.2. The van der Waals surface area contributed by atoms with Gasteiger partial charge in [0.05, 0.1) is 19.4 Å². The molecule has 37 heavy (non-hydrogen) atoms. The average molecular weight is 523 g/mol. The molecule has 12 heteroatoms. The molecular formula is C25H26N6O5S. The van der Waals surface area contributed by atoms with E-state index >= 15 is 0 Å². The van der Waals surface area contributed by atoms with Crippen molar-refractivity contribution in [2.24, 2.45) is 5.73 Å². The molecule has 0 saturated heterocycles. The molecule has 0 saturated carbocycles. The number of aromatic nitrogens is 2. The number of ether oxygens (including phenoxy) is 2. The summed E-state index contributed by atoms with van der Waals surface area (Å²) in [5, 5.41) is 3.59. The molecule has 0 radical (unpaired) electrons. The Hall–Kier alpha value is -4.42. The Kier molecular flexibility index (Phi) is 7.70. The number of nitrogens with two attached hydrogens (primary N) is 2. The van der Waals surface area contributed by atoms with Gasteiger partial charge in [-0.05, 0) is 29.7 Å². The Morgan fingerprint density at radius 2 is 1.95 bits per heavy atom. The van der Waals surface area contributed by atoms with E-state index in [4.69, 9.17) is 20.9 Å². The third-order valence-corrected chi connectivity index (χ3v) is 6.58. The number of para-hydroxylation sites is 1. The van der Waals surface area contributed by atoms with E-state index in [1.165, 1.54) is 19.1 Å². The van der Waals surface area contributed by atoms with E-state index in [2.05, 4.69) is 14.7 Å². The van der Waals surface area contributed by atoms with Crippen LogP contribution in [0.15, 0.2) is 54.7 Å². The quantitative estimate of drug-likeness (QED) is 0.232. The van der Waals surface area contributed by atoms with Gasteiger partial charge in [0.1, 0.15) is 16.7 Å². The highest BCUT2D eigenvalue weighted by atomic mass is 32.1. The number of nitrogen functional groups attached to an aromatic ring is 1. The van der Waals surface area contributed by atoms with Crippen LogP contribution < -0.4 is 26.4 Å². The van der Waals surface area contributed by atoms with Gasteiger partial charge in [-0.2, -0.15) is 4.37 Å². The molecule has 2 heterocycles. The third-order valence-electron chi connectivity index (χ3n) is 5.73. The number of fused-ring (bicyclic) bond motifs is 1. The van der Waals surface area contributed by atoms with Crippen LogP contribution >= 0.6 is 11.5 Å². The van der Waals surface area contributed by atoms with Crippen molar-refractivity contribution in [3.05, 3.63) is 70.9 Å². The second-order valence-corrected chi connectivity index (χ2v) is 8.76. The van der Waals surface area contributed by atoms with E-state index < -0.39 is 23.8 Å². The number of rotatable bonds is 10. The van der Waals surface area contributed by atoms with E-state index in [1.807, 2.05) is 24.3 Å². The van der Waals surface area contributed by atoms with Crippen LogP contribution in [0.4, 0.5) is 11.4 Å². The number of hydrogen-bond donors (Lipinski definition) is 4. The van der Waals surface area contributed by atoms with Crippen LogP contribution in [0.1, 0.15) is 31.8 Å². The first-order chi connectivity index (χ1) is 17.9. The van der Waals surface area contributed by atoms with E-state index in [0.29, 0.717) is 17.0 Å². The molecule has 2 aromatic carbocycles. The summed E-state index contributed by atoms with van der Waals surface area (Å²) < 4.78 is 14.4. The number of benzene rings is 2. The molecular weight excluding hydrogens is 496 g/mol. The van der Waals surface area contributed by atoms with Crippen molar-refractivity contribution in [3.8, 4) is 5.75 Å². The summed E-state index contributed by atoms with van der Waals surface area (Å²) >= 11 is 0.739. The first-order valence-corrected chi connectivity index (χ1v) is 12.0. The summed E-state index contributed by atoms with van der Waals surface area (Å²) in [6.07, 6.45) is 1.69. The topological polar surface area (TPSA) is 166 Å². The van der Waals surface area contributed by atoms with E-state index in [-0.39, 0.29) is 29.4 Å². The second-order valence-electron chi connectivity index (χ2n) is 7.99. The molecule has 1 unspecified atom stereocenters. The fourth-order valence-corrected chi connectivity index (χ4v) is 4.72. The maximum Gasteiger partial charge on any atom is 0.273 e. The van der Waals surface area contributed by atoms with Gasteiger partial charge in [-0.1, -0.05) is 24.3 Å². The molecule has 2 aromatic heterocycles. The number of primary amides is 1. The minimum absolute atomic E-state index is 0.0221. The summed E-state index contributed by atoms with van der Waals surface area (Å²) in [6.45, 7) is 0.506. The van der Waals surface area contributed by atoms with Crippen LogP contribution in [0.3, 0.4) is 0 Å². The van der Waals surface area contributed by atoms with Crippen molar-refractivity contribution in [3.63, 3.8) is 0 Å². The molecule has 3 amide bonds. The number of H-pyrrole nitrogens is 1. The Bertz CT molecular complexity index is 1450. The van der Waals surface area contributed by atoms with Crippen LogP contribution in [0, 0.1) is 0 Å². The zero-order valence-corrected chi connectivity index (χ0v) is 21.0. The van der Waals surface area contributed by atoms with Crippen LogP contribution in [-0.4, -0.2) is 54.5 Å². The first kappa shape index (κ1) is 25.7. The van der Waals surface area contributed by atoms with Crippen LogP contribution in [0.25, 0.3) is 10.9 Å². The SMILES string of the molecule is COCCNC(=O)C(c1c[nH]c2ccccc12)N(C(=O)c1snc(C(N)=O)c1N)c1cccc(OC)c1. The molecule has 4 rings (SSSR count). The van der Waals surface area contributed by atoms with E-state index in [1.54, 1.807) is 30.5 Å². The van der Waals surface area contributed by atoms with Gasteiger partial charge in [0.25, 0.3) is 11.8 Å². The molecule has 0 spiro atoms. The smallest absolute Gasteiger partial charge is 0.273 e. The summed E-state index contributed by atoms with van der Waals surface area (Å²) in [6, 6.07) is 13.0. The molecule has 0 aliphatic rings. The van der Waals surface area contributed by atoms with E-state index in [0.717, 1.165) is 22.4 Å². The van der Waals surface area contributed by atoms with Gasteiger partial charge in [-0.15, -0.1) is 0 Å². The highest BCUT2D eigenvalue weighted by Gasteiger charge is 2.37. The van der Waals surface area contributed by atoms with Crippen LogP contribution in [0.2, 0.25) is 0 Å². The summed E-state index contributed by atoms with van der Waals surface area (Å²) in [4.78, 5) is 44.1.